The Hall–Kier alpha value is -4.71. The first-order chi connectivity index (χ1) is 21.0. The summed E-state index contributed by atoms with van der Waals surface area (Å²) in [4.78, 5) is 46.9. The van der Waals surface area contributed by atoms with Crippen molar-refractivity contribution in [3.63, 3.8) is 0 Å². The van der Waals surface area contributed by atoms with Crippen molar-refractivity contribution < 1.29 is 27.6 Å². The number of aromatic nitrogens is 4. The number of H-pyrrole nitrogens is 1. The molecule has 232 valence electrons. The Labute approximate surface area is 251 Å². The standard InChI is InChI=1S/C29H32F3N9O3/c1-3-17-14-19(4-5-20(17)28(44)41-12-10-40(11-13-41)27(43)18-7-9-34-15-18)36-26(42)25-35-16-22(39(25)2)23-21(6-8-33)37-38-24(23)29(30,31)32/h4-5,14,16,18,34H,3,6-7,9-13,15H2,1-2H3,(H,36,42)(H,37,38)/t18-/m1/s1. The zero-order valence-corrected chi connectivity index (χ0v) is 24.3. The SMILES string of the molecule is CCc1cc(NC(=O)c2ncc(-c3c(C(F)(F)F)n[nH]c3CC#N)n2C)ccc1C(=O)N1CCN(C(=O)[C@@H]2CCNC2)CC1. The highest BCUT2D eigenvalue weighted by Crippen LogP contribution is 2.38. The van der Waals surface area contributed by atoms with E-state index in [4.69, 9.17) is 5.26 Å². The fourth-order valence-corrected chi connectivity index (χ4v) is 5.70. The molecule has 2 fully saturated rings. The maximum absolute atomic E-state index is 13.6. The van der Waals surface area contributed by atoms with Crippen LogP contribution in [0.4, 0.5) is 18.9 Å². The van der Waals surface area contributed by atoms with Gasteiger partial charge in [-0.05, 0) is 43.1 Å². The third-order valence-corrected chi connectivity index (χ3v) is 8.08. The summed E-state index contributed by atoms with van der Waals surface area (Å²) in [6.45, 7) is 5.22. The first-order valence-corrected chi connectivity index (χ1v) is 14.3. The van der Waals surface area contributed by atoms with Crippen LogP contribution in [0.15, 0.2) is 24.4 Å². The molecule has 3 amide bonds. The summed E-state index contributed by atoms with van der Waals surface area (Å²) in [6.07, 6.45) is -2.67. The number of hydrogen-bond donors (Lipinski definition) is 3. The lowest BCUT2D eigenvalue weighted by molar-refractivity contribution is -0.140. The third-order valence-electron chi connectivity index (χ3n) is 8.08. The Morgan fingerprint density at radius 1 is 1.16 bits per heavy atom. The average Bonchev–Trinajstić information content (AvgIpc) is 3.77. The summed E-state index contributed by atoms with van der Waals surface area (Å²) in [7, 11) is 1.40. The van der Waals surface area contributed by atoms with E-state index in [1.54, 1.807) is 23.1 Å². The van der Waals surface area contributed by atoms with E-state index in [-0.39, 0.29) is 46.9 Å². The molecule has 0 aliphatic carbocycles. The van der Waals surface area contributed by atoms with Gasteiger partial charge in [0.25, 0.3) is 11.8 Å². The number of carbonyl (C=O) groups excluding carboxylic acids is 3. The van der Waals surface area contributed by atoms with Gasteiger partial charge in [-0.1, -0.05) is 6.92 Å². The van der Waals surface area contributed by atoms with Crippen LogP contribution in [-0.4, -0.2) is 86.5 Å². The molecule has 44 heavy (non-hydrogen) atoms. The number of imidazole rings is 1. The van der Waals surface area contributed by atoms with Gasteiger partial charge in [-0.25, -0.2) is 4.98 Å². The van der Waals surface area contributed by atoms with Gasteiger partial charge in [0.2, 0.25) is 5.91 Å². The van der Waals surface area contributed by atoms with Crippen molar-refractivity contribution in [2.24, 2.45) is 13.0 Å². The van der Waals surface area contributed by atoms with Crippen LogP contribution in [0.1, 0.15) is 51.3 Å². The maximum Gasteiger partial charge on any atom is 0.435 e. The van der Waals surface area contributed by atoms with Gasteiger partial charge >= 0.3 is 6.18 Å². The largest absolute Gasteiger partial charge is 0.435 e. The zero-order chi connectivity index (χ0) is 31.6. The molecule has 3 aromatic rings. The van der Waals surface area contributed by atoms with E-state index < -0.39 is 17.8 Å². The quantitative estimate of drug-likeness (QED) is 0.372. The van der Waals surface area contributed by atoms with Gasteiger partial charge < -0.3 is 25.0 Å². The van der Waals surface area contributed by atoms with Crippen LogP contribution >= 0.6 is 0 Å². The average molecular weight is 612 g/mol. The highest BCUT2D eigenvalue weighted by molar-refractivity contribution is 6.03. The van der Waals surface area contributed by atoms with Crippen molar-refractivity contribution >= 4 is 23.4 Å². The maximum atomic E-state index is 13.6. The van der Waals surface area contributed by atoms with Crippen molar-refractivity contribution in [3.05, 3.63) is 52.7 Å². The van der Waals surface area contributed by atoms with Gasteiger partial charge in [-0.15, -0.1) is 0 Å². The lowest BCUT2D eigenvalue weighted by atomic mass is 10.0. The number of rotatable bonds is 7. The van der Waals surface area contributed by atoms with E-state index in [2.05, 4.69) is 25.8 Å². The van der Waals surface area contributed by atoms with E-state index in [0.29, 0.717) is 56.0 Å². The first-order valence-electron chi connectivity index (χ1n) is 14.3. The third kappa shape index (κ3) is 6.02. The van der Waals surface area contributed by atoms with Crippen LogP contribution < -0.4 is 10.6 Å². The van der Waals surface area contributed by atoms with Crippen molar-refractivity contribution in [1.29, 1.82) is 5.26 Å². The lowest BCUT2D eigenvalue weighted by Crippen LogP contribution is -2.52. The van der Waals surface area contributed by atoms with Crippen LogP contribution in [0.3, 0.4) is 0 Å². The number of alkyl halides is 3. The van der Waals surface area contributed by atoms with Crippen molar-refractivity contribution in [2.75, 3.05) is 44.6 Å². The van der Waals surface area contributed by atoms with Crippen molar-refractivity contribution in [2.45, 2.75) is 32.4 Å². The number of nitrogens with one attached hydrogen (secondary N) is 3. The Kier molecular flexibility index (Phi) is 8.73. The second kappa shape index (κ2) is 12.5. The summed E-state index contributed by atoms with van der Waals surface area (Å²) < 4.78 is 42.1. The summed E-state index contributed by atoms with van der Waals surface area (Å²) in [5.41, 5.74) is -0.0276. The smallest absolute Gasteiger partial charge is 0.339 e. The van der Waals surface area contributed by atoms with E-state index in [0.717, 1.165) is 19.2 Å². The number of aromatic amines is 1. The van der Waals surface area contributed by atoms with E-state index >= 15 is 0 Å². The van der Waals surface area contributed by atoms with Crippen molar-refractivity contribution in [3.8, 4) is 17.3 Å². The van der Waals surface area contributed by atoms with Crippen LogP contribution in [0.25, 0.3) is 11.3 Å². The Morgan fingerprint density at radius 3 is 2.52 bits per heavy atom. The molecule has 0 bridgehead atoms. The highest BCUT2D eigenvalue weighted by Gasteiger charge is 2.39. The number of anilines is 1. The molecule has 2 aromatic heterocycles. The van der Waals surface area contributed by atoms with Gasteiger partial charge in [-0.3, -0.25) is 19.5 Å². The molecule has 0 radical (unpaired) electrons. The molecule has 0 spiro atoms. The predicted molar refractivity (Wildman–Crippen MR) is 152 cm³/mol. The van der Waals surface area contributed by atoms with Gasteiger partial charge in [0.15, 0.2) is 11.5 Å². The number of piperazine rings is 1. The van der Waals surface area contributed by atoms with Crippen molar-refractivity contribution in [1.82, 2.24) is 34.9 Å². The Balaban J connectivity index is 1.29. The molecular weight excluding hydrogens is 579 g/mol. The van der Waals surface area contributed by atoms with Gasteiger partial charge in [0.1, 0.15) is 0 Å². The number of nitrogens with zero attached hydrogens (tertiary/aromatic N) is 6. The lowest BCUT2D eigenvalue weighted by Gasteiger charge is -2.36. The molecule has 12 nitrogen and oxygen atoms in total. The van der Waals surface area contributed by atoms with E-state index in [1.807, 2.05) is 17.9 Å². The van der Waals surface area contributed by atoms with Gasteiger partial charge in [-0.2, -0.15) is 23.5 Å². The molecule has 1 atom stereocenters. The minimum Gasteiger partial charge on any atom is -0.339 e. The first kappa shape index (κ1) is 30.7. The highest BCUT2D eigenvalue weighted by atomic mass is 19.4. The minimum absolute atomic E-state index is 0.00639. The van der Waals surface area contributed by atoms with Crippen LogP contribution in [0.2, 0.25) is 0 Å². The molecule has 5 rings (SSSR count). The monoisotopic (exact) mass is 611 g/mol. The minimum atomic E-state index is -4.79. The summed E-state index contributed by atoms with van der Waals surface area (Å²) in [5, 5.41) is 20.6. The number of halogens is 3. The fraction of sp³-hybridized carbons (Fsp3) is 0.448. The zero-order valence-electron chi connectivity index (χ0n) is 24.3. The summed E-state index contributed by atoms with van der Waals surface area (Å²) in [6, 6.07) is 6.72. The number of amides is 3. The van der Waals surface area contributed by atoms with Gasteiger partial charge in [0, 0.05) is 51.0 Å². The fourth-order valence-electron chi connectivity index (χ4n) is 5.70. The van der Waals surface area contributed by atoms with Crippen LogP contribution in [0, 0.1) is 17.2 Å². The molecule has 2 aliphatic rings. The predicted octanol–water partition coefficient (Wildman–Crippen LogP) is 2.60. The molecule has 2 saturated heterocycles. The number of hydrogen-bond acceptors (Lipinski definition) is 7. The number of carbonyl (C=O) groups is 3. The van der Waals surface area contributed by atoms with E-state index in [1.165, 1.54) is 11.6 Å². The molecule has 3 N–H and O–H groups in total. The summed E-state index contributed by atoms with van der Waals surface area (Å²) >= 11 is 0. The van der Waals surface area contributed by atoms with Crippen LogP contribution in [0.5, 0.6) is 0 Å². The normalized spacial score (nSPS) is 17.0. The molecule has 0 saturated carbocycles. The second-order valence-corrected chi connectivity index (χ2v) is 10.8. The molecule has 15 heteroatoms. The Morgan fingerprint density at radius 2 is 1.89 bits per heavy atom. The number of benzene rings is 1. The Bertz CT molecular complexity index is 1610. The molecular formula is C29H32F3N9O3. The molecule has 1 aromatic carbocycles. The molecule has 4 heterocycles. The molecule has 2 aliphatic heterocycles. The number of aryl methyl sites for hydroxylation is 1. The van der Waals surface area contributed by atoms with Gasteiger partial charge in [0.05, 0.1) is 41.6 Å². The second-order valence-electron chi connectivity index (χ2n) is 10.8. The molecule has 0 unspecified atom stereocenters. The number of nitriles is 1. The van der Waals surface area contributed by atoms with E-state index in [9.17, 15) is 27.6 Å². The topological polar surface area (TPSA) is 152 Å². The van der Waals surface area contributed by atoms with Crippen LogP contribution in [-0.2, 0) is 30.9 Å². The summed E-state index contributed by atoms with van der Waals surface area (Å²) in [5.74, 6) is -0.859.